The lowest BCUT2D eigenvalue weighted by molar-refractivity contribution is -0.140. The second kappa shape index (κ2) is 9.80. The number of benzene rings is 2. The number of fused-ring (bicyclic) bond motifs is 2. The van der Waals surface area contributed by atoms with E-state index in [1.54, 1.807) is 28.8 Å². The first kappa shape index (κ1) is 25.0. The Morgan fingerprint density at radius 3 is 2.67 bits per heavy atom. The average molecular weight is 528 g/mol. The van der Waals surface area contributed by atoms with Crippen LogP contribution < -0.4 is 4.90 Å². The maximum Gasteiger partial charge on any atom is 0.308 e. The smallest absolute Gasteiger partial charge is 0.308 e. The number of carboxylic acids is 1. The van der Waals surface area contributed by atoms with Gasteiger partial charge in [-0.15, -0.1) is 0 Å². The quantitative estimate of drug-likeness (QED) is 0.402. The standard InChI is InChI=1S/C30H30FN5O3/c1-3-21-15-27(29(37)35-13-11-19-6-4-5-7-23(19)18(35)2)32-28-16-26(33-36(21)28)24-9-8-22(14-25(24)31)34-12-10-20(17-34)30(38)39/h4-9,14-16,18,20H,3,10-13,17H2,1-2H3,(H,38,39)/t18-,20+/m1/s1. The molecule has 6 rings (SSSR count). The van der Waals surface area contributed by atoms with Crippen LogP contribution in [0.5, 0.6) is 0 Å². The van der Waals surface area contributed by atoms with Crippen molar-refractivity contribution in [3.63, 3.8) is 0 Å². The van der Waals surface area contributed by atoms with Gasteiger partial charge in [-0.25, -0.2) is 13.9 Å². The van der Waals surface area contributed by atoms with Crippen LogP contribution in [0, 0.1) is 11.7 Å². The van der Waals surface area contributed by atoms with Crippen LogP contribution in [0.3, 0.4) is 0 Å². The van der Waals surface area contributed by atoms with E-state index in [1.165, 1.54) is 11.6 Å². The molecule has 0 unspecified atom stereocenters. The van der Waals surface area contributed by atoms with E-state index >= 15 is 4.39 Å². The molecule has 4 aromatic rings. The molecule has 1 amide bonds. The van der Waals surface area contributed by atoms with Crippen LogP contribution in [0.2, 0.25) is 0 Å². The Bertz CT molecular complexity index is 1600. The molecule has 1 fully saturated rings. The summed E-state index contributed by atoms with van der Waals surface area (Å²) in [4.78, 5) is 33.3. The Kier molecular flexibility index (Phi) is 6.29. The lowest BCUT2D eigenvalue weighted by Gasteiger charge is -2.35. The molecule has 8 nitrogen and oxygen atoms in total. The summed E-state index contributed by atoms with van der Waals surface area (Å²) in [6, 6.07) is 16.6. The predicted octanol–water partition coefficient (Wildman–Crippen LogP) is 4.77. The number of halogens is 1. The predicted molar refractivity (Wildman–Crippen MR) is 145 cm³/mol. The summed E-state index contributed by atoms with van der Waals surface area (Å²) in [5.74, 6) is -1.83. The number of carbonyl (C=O) groups excluding carboxylic acids is 1. The fourth-order valence-corrected chi connectivity index (χ4v) is 5.83. The Hall–Kier alpha value is -4.27. The molecule has 0 spiro atoms. The fourth-order valence-electron chi connectivity index (χ4n) is 5.83. The number of hydrogen-bond donors (Lipinski definition) is 1. The van der Waals surface area contributed by atoms with Crippen LogP contribution in [-0.4, -0.2) is 56.1 Å². The van der Waals surface area contributed by atoms with Gasteiger partial charge in [0.15, 0.2) is 5.65 Å². The molecule has 0 aliphatic carbocycles. The third-order valence-corrected chi connectivity index (χ3v) is 8.07. The molecule has 0 saturated carbocycles. The number of aryl methyl sites for hydroxylation is 1. The van der Waals surface area contributed by atoms with Crippen LogP contribution in [0.25, 0.3) is 16.9 Å². The lowest BCUT2D eigenvalue weighted by Crippen LogP contribution is -2.39. The van der Waals surface area contributed by atoms with Crippen molar-refractivity contribution in [2.75, 3.05) is 24.5 Å². The van der Waals surface area contributed by atoms with Crippen molar-refractivity contribution < 1.29 is 19.1 Å². The lowest BCUT2D eigenvalue weighted by atomic mass is 9.93. The number of hydrogen-bond acceptors (Lipinski definition) is 5. The summed E-state index contributed by atoms with van der Waals surface area (Å²) in [5.41, 5.74) is 5.50. The minimum absolute atomic E-state index is 0.0555. The molecule has 2 aromatic carbocycles. The van der Waals surface area contributed by atoms with E-state index in [2.05, 4.69) is 22.2 Å². The van der Waals surface area contributed by atoms with Gasteiger partial charge in [-0.05, 0) is 61.6 Å². The van der Waals surface area contributed by atoms with E-state index in [0.717, 1.165) is 17.7 Å². The second-order valence-electron chi connectivity index (χ2n) is 10.3. The van der Waals surface area contributed by atoms with E-state index in [-0.39, 0.29) is 11.9 Å². The van der Waals surface area contributed by atoms with Gasteiger partial charge in [-0.3, -0.25) is 9.59 Å². The number of carbonyl (C=O) groups is 2. The normalized spacial score (nSPS) is 18.9. The van der Waals surface area contributed by atoms with Crippen LogP contribution in [0.4, 0.5) is 10.1 Å². The molecule has 2 aromatic heterocycles. The van der Waals surface area contributed by atoms with Crippen molar-refractivity contribution in [1.82, 2.24) is 19.5 Å². The molecule has 4 heterocycles. The molecule has 200 valence electrons. The molecule has 2 aliphatic rings. The van der Waals surface area contributed by atoms with Crippen LogP contribution in [0.15, 0.2) is 54.6 Å². The summed E-state index contributed by atoms with van der Waals surface area (Å²) < 4.78 is 17.0. The summed E-state index contributed by atoms with van der Waals surface area (Å²) in [5, 5.41) is 13.9. The van der Waals surface area contributed by atoms with Gasteiger partial charge in [-0.2, -0.15) is 5.10 Å². The van der Waals surface area contributed by atoms with Crippen molar-refractivity contribution in [2.24, 2.45) is 5.92 Å². The van der Waals surface area contributed by atoms with Gasteiger partial charge < -0.3 is 14.9 Å². The first-order valence-electron chi connectivity index (χ1n) is 13.4. The molecule has 9 heteroatoms. The highest BCUT2D eigenvalue weighted by Crippen LogP contribution is 2.32. The number of anilines is 1. The monoisotopic (exact) mass is 527 g/mol. The molecule has 0 bridgehead atoms. The zero-order valence-electron chi connectivity index (χ0n) is 22.0. The van der Waals surface area contributed by atoms with Crippen molar-refractivity contribution in [1.29, 1.82) is 0 Å². The van der Waals surface area contributed by atoms with Crippen LogP contribution >= 0.6 is 0 Å². The van der Waals surface area contributed by atoms with Crippen molar-refractivity contribution in [3.8, 4) is 11.3 Å². The number of rotatable bonds is 5. The minimum Gasteiger partial charge on any atom is -0.481 e. The fraction of sp³-hybridized carbons (Fsp3) is 0.333. The number of aromatic nitrogens is 3. The zero-order chi connectivity index (χ0) is 27.3. The highest BCUT2D eigenvalue weighted by Gasteiger charge is 2.30. The SMILES string of the molecule is CCc1cc(C(=O)N2CCc3ccccc3[C@H]2C)nc2cc(-c3ccc(N4CC[C@H](C(=O)O)C4)cc3F)nn12. The number of carboxylic acid groups (broad SMARTS) is 1. The van der Waals surface area contributed by atoms with Crippen molar-refractivity contribution in [3.05, 3.63) is 82.9 Å². The van der Waals surface area contributed by atoms with Gasteiger partial charge >= 0.3 is 5.97 Å². The second-order valence-corrected chi connectivity index (χ2v) is 10.3. The van der Waals surface area contributed by atoms with Gasteiger partial charge in [-0.1, -0.05) is 31.2 Å². The molecule has 39 heavy (non-hydrogen) atoms. The number of aliphatic carboxylic acids is 1. The molecular weight excluding hydrogens is 497 g/mol. The summed E-state index contributed by atoms with van der Waals surface area (Å²) >= 11 is 0. The van der Waals surface area contributed by atoms with Gasteiger partial charge in [0.1, 0.15) is 11.5 Å². The van der Waals surface area contributed by atoms with Gasteiger partial charge in [0.2, 0.25) is 0 Å². The Labute approximate surface area is 225 Å². The van der Waals surface area contributed by atoms with Gasteiger partial charge in [0, 0.05) is 42.6 Å². The van der Waals surface area contributed by atoms with E-state index in [9.17, 15) is 14.7 Å². The minimum atomic E-state index is -0.823. The van der Waals surface area contributed by atoms with Crippen LogP contribution in [0.1, 0.15) is 53.6 Å². The van der Waals surface area contributed by atoms with Gasteiger partial charge in [0.25, 0.3) is 5.91 Å². The largest absolute Gasteiger partial charge is 0.481 e. The van der Waals surface area contributed by atoms with E-state index in [0.29, 0.717) is 60.8 Å². The van der Waals surface area contributed by atoms with E-state index < -0.39 is 17.7 Å². The number of amides is 1. The molecule has 1 N–H and O–H groups in total. The van der Waals surface area contributed by atoms with E-state index in [1.807, 2.05) is 35.8 Å². The number of nitrogens with zero attached hydrogens (tertiary/aromatic N) is 5. The highest BCUT2D eigenvalue weighted by atomic mass is 19.1. The zero-order valence-corrected chi connectivity index (χ0v) is 22.0. The average Bonchev–Trinajstić information content (AvgIpc) is 3.60. The maximum absolute atomic E-state index is 15.3. The summed E-state index contributed by atoms with van der Waals surface area (Å²) in [6.45, 7) is 5.59. The summed E-state index contributed by atoms with van der Waals surface area (Å²) in [7, 11) is 0. The van der Waals surface area contributed by atoms with Crippen molar-refractivity contribution in [2.45, 2.75) is 39.2 Å². The van der Waals surface area contributed by atoms with E-state index in [4.69, 9.17) is 0 Å². The topological polar surface area (TPSA) is 91.0 Å². The Morgan fingerprint density at radius 2 is 1.92 bits per heavy atom. The van der Waals surface area contributed by atoms with Crippen molar-refractivity contribution >= 4 is 23.2 Å². The molecule has 1 saturated heterocycles. The molecule has 0 radical (unpaired) electrons. The molecule has 2 aliphatic heterocycles. The van der Waals surface area contributed by atoms with Gasteiger partial charge in [0.05, 0.1) is 17.7 Å². The molecular formula is C30H30FN5O3. The maximum atomic E-state index is 15.3. The first-order valence-corrected chi connectivity index (χ1v) is 13.4. The third-order valence-electron chi connectivity index (χ3n) is 8.07. The third kappa shape index (κ3) is 4.41. The highest BCUT2D eigenvalue weighted by molar-refractivity contribution is 5.93. The summed E-state index contributed by atoms with van der Waals surface area (Å²) in [6.07, 6.45) is 1.97. The molecule has 2 atom stereocenters. The Balaban J connectivity index is 1.30. The first-order chi connectivity index (χ1) is 18.8. The van der Waals surface area contributed by atoms with Crippen LogP contribution in [-0.2, 0) is 17.6 Å². The Morgan fingerprint density at radius 1 is 1.10 bits per heavy atom.